The van der Waals surface area contributed by atoms with Gasteiger partial charge in [-0.1, -0.05) is 12.1 Å². The van der Waals surface area contributed by atoms with Crippen LogP contribution in [0.2, 0.25) is 0 Å². The largest absolute Gasteiger partial charge is 0.496 e. The molecule has 0 unspecified atom stereocenters. The third kappa shape index (κ3) is 3.64. The molecular weight excluding hydrogens is 319 g/mol. The predicted octanol–water partition coefficient (Wildman–Crippen LogP) is 3.05. The number of hydrogen-bond acceptors (Lipinski definition) is 4. The first-order valence-corrected chi connectivity index (χ1v) is 8.71. The van der Waals surface area contributed by atoms with Crippen molar-refractivity contribution in [3.8, 4) is 17.2 Å². The molecule has 4 nitrogen and oxygen atoms in total. The lowest BCUT2D eigenvalue weighted by Crippen LogP contribution is -2.17. The van der Waals surface area contributed by atoms with Crippen LogP contribution in [-0.4, -0.2) is 24.5 Å². The van der Waals surface area contributed by atoms with Crippen molar-refractivity contribution in [1.82, 2.24) is 0 Å². The van der Waals surface area contributed by atoms with Crippen LogP contribution in [0.15, 0.2) is 36.4 Å². The summed E-state index contributed by atoms with van der Waals surface area (Å²) in [5.74, 6) is 2.02. The maximum absolute atomic E-state index is 13.4. The van der Waals surface area contributed by atoms with Crippen LogP contribution in [0.4, 0.5) is 4.39 Å². The van der Waals surface area contributed by atoms with E-state index < -0.39 is 10.8 Å². The van der Waals surface area contributed by atoms with Gasteiger partial charge in [-0.05, 0) is 24.3 Å². The van der Waals surface area contributed by atoms with E-state index in [4.69, 9.17) is 14.2 Å². The zero-order chi connectivity index (χ0) is 16.2. The topological polar surface area (TPSA) is 44.8 Å². The molecule has 122 valence electrons. The minimum absolute atomic E-state index is 0.214. The first-order chi connectivity index (χ1) is 11.2. The van der Waals surface area contributed by atoms with Crippen LogP contribution in [0.1, 0.15) is 11.1 Å². The van der Waals surface area contributed by atoms with Gasteiger partial charge in [-0.3, -0.25) is 4.21 Å². The molecule has 0 spiro atoms. The van der Waals surface area contributed by atoms with Crippen molar-refractivity contribution in [1.29, 1.82) is 0 Å². The molecule has 0 saturated carbocycles. The minimum Gasteiger partial charge on any atom is -0.496 e. The summed E-state index contributed by atoms with van der Waals surface area (Å²) in [7, 11) is 0.290. The number of halogens is 1. The lowest BCUT2D eigenvalue weighted by molar-refractivity contribution is 0.170. The molecule has 1 aliphatic rings. The van der Waals surface area contributed by atoms with Gasteiger partial charge in [0.1, 0.15) is 24.8 Å². The zero-order valence-corrected chi connectivity index (χ0v) is 13.5. The van der Waals surface area contributed by atoms with Gasteiger partial charge in [0.05, 0.1) is 18.6 Å². The molecule has 0 amide bonds. The highest BCUT2D eigenvalue weighted by atomic mass is 32.2. The molecule has 0 aromatic heterocycles. The molecule has 0 N–H and O–H groups in total. The molecule has 0 aliphatic carbocycles. The van der Waals surface area contributed by atoms with Gasteiger partial charge in [-0.2, -0.15) is 0 Å². The van der Waals surface area contributed by atoms with E-state index in [2.05, 4.69) is 0 Å². The summed E-state index contributed by atoms with van der Waals surface area (Å²) in [4.78, 5) is 0. The third-order valence-corrected chi connectivity index (χ3v) is 4.79. The Bertz CT molecular complexity index is 733. The van der Waals surface area contributed by atoms with Gasteiger partial charge in [-0.15, -0.1) is 0 Å². The fraction of sp³-hybridized carbons (Fsp3) is 0.294. The molecule has 1 atom stereocenters. The van der Waals surface area contributed by atoms with Crippen molar-refractivity contribution < 1.29 is 22.8 Å². The van der Waals surface area contributed by atoms with Gasteiger partial charge in [0.25, 0.3) is 0 Å². The predicted molar refractivity (Wildman–Crippen MR) is 85.9 cm³/mol. The average molecular weight is 336 g/mol. The van der Waals surface area contributed by atoms with E-state index in [-0.39, 0.29) is 11.6 Å². The molecule has 1 aliphatic heterocycles. The van der Waals surface area contributed by atoms with E-state index in [1.54, 1.807) is 6.07 Å². The van der Waals surface area contributed by atoms with E-state index >= 15 is 0 Å². The molecule has 0 radical (unpaired) electrons. The van der Waals surface area contributed by atoms with Gasteiger partial charge in [0.15, 0.2) is 11.5 Å². The number of rotatable bonds is 5. The van der Waals surface area contributed by atoms with Crippen molar-refractivity contribution in [2.45, 2.75) is 11.5 Å². The van der Waals surface area contributed by atoms with Gasteiger partial charge in [0, 0.05) is 21.9 Å². The first kappa shape index (κ1) is 15.8. The number of fused-ring (bicyclic) bond motifs is 1. The second kappa shape index (κ2) is 7.00. The SMILES string of the molecule is COc1ccc(F)cc1C[S@](=O)Cc1cccc2c1OCCO2. The lowest BCUT2D eigenvalue weighted by atomic mass is 10.2. The second-order valence-electron chi connectivity index (χ2n) is 5.13. The third-order valence-electron chi connectivity index (χ3n) is 3.52. The number of hydrogen-bond donors (Lipinski definition) is 0. The maximum atomic E-state index is 13.4. The summed E-state index contributed by atoms with van der Waals surface area (Å²) in [6.07, 6.45) is 0. The number of methoxy groups -OCH3 is 1. The Morgan fingerprint density at radius 3 is 2.74 bits per heavy atom. The van der Waals surface area contributed by atoms with E-state index in [0.29, 0.717) is 41.8 Å². The van der Waals surface area contributed by atoms with Crippen molar-refractivity contribution >= 4 is 10.8 Å². The van der Waals surface area contributed by atoms with E-state index in [1.165, 1.54) is 19.2 Å². The number of ether oxygens (including phenoxy) is 3. The molecule has 0 bridgehead atoms. The highest BCUT2D eigenvalue weighted by molar-refractivity contribution is 7.83. The van der Waals surface area contributed by atoms with Crippen LogP contribution in [0, 0.1) is 5.82 Å². The van der Waals surface area contributed by atoms with Gasteiger partial charge < -0.3 is 14.2 Å². The Morgan fingerprint density at radius 1 is 1.13 bits per heavy atom. The summed E-state index contributed by atoms with van der Waals surface area (Å²) in [5, 5.41) is 0. The maximum Gasteiger partial charge on any atom is 0.165 e. The highest BCUT2D eigenvalue weighted by Gasteiger charge is 2.18. The molecule has 1 heterocycles. The standard InChI is InChI=1S/C17H17FO4S/c1-20-15-6-5-14(18)9-13(15)11-23(19)10-12-3-2-4-16-17(12)22-8-7-21-16/h2-6,9H,7-8,10-11H2,1H3/t23-/m1/s1. The van der Waals surface area contributed by atoms with E-state index in [9.17, 15) is 8.60 Å². The van der Waals surface area contributed by atoms with Gasteiger partial charge in [0.2, 0.25) is 0 Å². The lowest BCUT2D eigenvalue weighted by Gasteiger charge is -2.20. The van der Waals surface area contributed by atoms with Crippen LogP contribution in [0.25, 0.3) is 0 Å². The smallest absolute Gasteiger partial charge is 0.165 e. The van der Waals surface area contributed by atoms with E-state index in [1.807, 2.05) is 18.2 Å². The molecule has 3 rings (SSSR count). The van der Waals surface area contributed by atoms with Crippen molar-refractivity contribution in [3.63, 3.8) is 0 Å². The van der Waals surface area contributed by atoms with Crippen LogP contribution in [0.3, 0.4) is 0 Å². The number of para-hydroxylation sites is 1. The van der Waals surface area contributed by atoms with Crippen molar-refractivity contribution in [2.24, 2.45) is 0 Å². The molecule has 2 aromatic carbocycles. The Hall–Kier alpha value is -2.08. The zero-order valence-electron chi connectivity index (χ0n) is 12.7. The van der Waals surface area contributed by atoms with E-state index in [0.717, 1.165) is 5.56 Å². The summed E-state index contributed by atoms with van der Waals surface area (Å²) in [6, 6.07) is 9.78. The monoisotopic (exact) mass is 336 g/mol. The quantitative estimate of drug-likeness (QED) is 0.842. The Labute approximate surface area is 136 Å². The summed E-state index contributed by atoms with van der Waals surface area (Å²) in [5.41, 5.74) is 1.42. The highest BCUT2D eigenvalue weighted by Crippen LogP contribution is 2.34. The van der Waals surface area contributed by atoms with Crippen molar-refractivity contribution in [2.75, 3.05) is 20.3 Å². The molecule has 6 heteroatoms. The Balaban J connectivity index is 1.77. The summed E-state index contributed by atoms with van der Waals surface area (Å²) in [6.45, 7) is 0.994. The van der Waals surface area contributed by atoms with Gasteiger partial charge in [-0.25, -0.2) is 4.39 Å². The summed E-state index contributed by atoms with van der Waals surface area (Å²) >= 11 is 0. The molecular formula is C17H17FO4S. The van der Waals surface area contributed by atoms with Crippen molar-refractivity contribution in [3.05, 3.63) is 53.3 Å². The normalized spacial score (nSPS) is 14.3. The first-order valence-electron chi connectivity index (χ1n) is 7.22. The molecule has 0 fully saturated rings. The average Bonchev–Trinajstić information content (AvgIpc) is 2.55. The Morgan fingerprint density at radius 2 is 1.91 bits per heavy atom. The fourth-order valence-electron chi connectivity index (χ4n) is 2.51. The molecule has 0 saturated heterocycles. The van der Waals surface area contributed by atoms with Crippen LogP contribution < -0.4 is 14.2 Å². The van der Waals surface area contributed by atoms with Crippen LogP contribution >= 0.6 is 0 Å². The molecule has 2 aromatic rings. The fourth-order valence-corrected chi connectivity index (χ4v) is 3.75. The summed E-state index contributed by atoms with van der Waals surface area (Å²) < 4.78 is 42.2. The Kier molecular flexibility index (Phi) is 4.81. The number of benzene rings is 2. The van der Waals surface area contributed by atoms with Crippen LogP contribution in [0.5, 0.6) is 17.2 Å². The molecule has 23 heavy (non-hydrogen) atoms. The minimum atomic E-state index is -1.22. The second-order valence-corrected chi connectivity index (χ2v) is 6.58. The van der Waals surface area contributed by atoms with Crippen LogP contribution in [-0.2, 0) is 22.3 Å². The van der Waals surface area contributed by atoms with Gasteiger partial charge >= 0.3 is 0 Å².